The van der Waals surface area contributed by atoms with Gasteiger partial charge in [-0.3, -0.25) is 9.69 Å². The van der Waals surface area contributed by atoms with Gasteiger partial charge >= 0.3 is 5.97 Å². The number of benzene rings is 1. The van der Waals surface area contributed by atoms with E-state index in [0.29, 0.717) is 12.5 Å². The Hall–Kier alpha value is -1.55. The summed E-state index contributed by atoms with van der Waals surface area (Å²) in [6, 6.07) is 6.67. The maximum Gasteiger partial charge on any atom is 0.321 e. The van der Waals surface area contributed by atoms with E-state index in [1.807, 2.05) is 11.9 Å². The van der Waals surface area contributed by atoms with E-state index >= 15 is 0 Å². The highest BCUT2D eigenvalue weighted by molar-refractivity contribution is 5.74. The monoisotopic (exact) mass is 277 g/mol. The zero-order valence-corrected chi connectivity index (χ0v) is 12.0. The van der Waals surface area contributed by atoms with Crippen molar-refractivity contribution in [2.24, 2.45) is 0 Å². The number of carbonyl (C=O) groups is 1. The fourth-order valence-corrected chi connectivity index (χ4v) is 3.00. The molecule has 1 aromatic carbocycles. The molecule has 0 heterocycles. The van der Waals surface area contributed by atoms with Gasteiger partial charge < -0.3 is 10.2 Å². The Morgan fingerprint density at radius 3 is 2.40 bits per heavy atom. The van der Waals surface area contributed by atoms with Gasteiger partial charge in [-0.2, -0.15) is 0 Å². The summed E-state index contributed by atoms with van der Waals surface area (Å²) in [6.07, 6.45) is 6.31. The number of nitrogens with zero attached hydrogens (tertiary/aromatic N) is 1. The second-order valence-corrected chi connectivity index (χ2v) is 5.68. The summed E-state index contributed by atoms with van der Waals surface area (Å²) in [5, 5.41) is 18.8. The van der Waals surface area contributed by atoms with Crippen LogP contribution in [0.3, 0.4) is 0 Å². The number of likely N-dealkylation sites (N-methyl/N-ethyl adjacent to an activating group) is 1. The number of rotatable bonds is 5. The fourth-order valence-electron chi connectivity index (χ4n) is 3.00. The van der Waals surface area contributed by atoms with Crippen molar-refractivity contribution in [2.75, 3.05) is 7.05 Å². The number of hydrogen-bond donors (Lipinski definition) is 2. The predicted molar refractivity (Wildman–Crippen MR) is 77.9 cm³/mol. The number of phenolic OH excluding ortho intramolecular Hbond substituents is 1. The van der Waals surface area contributed by atoms with Crippen molar-refractivity contribution < 1.29 is 15.0 Å². The topological polar surface area (TPSA) is 60.8 Å². The molecule has 1 saturated carbocycles. The Kier molecular flexibility index (Phi) is 5.01. The summed E-state index contributed by atoms with van der Waals surface area (Å²) in [5.41, 5.74) is 0.942. The van der Waals surface area contributed by atoms with Crippen LogP contribution in [0.15, 0.2) is 24.3 Å². The molecule has 1 fully saturated rings. The van der Waals surface area contributed by atoms with E-state index in [2.05, 4.69) is 0 Å². The summed E-state index contributed by atoms with van der Waals surface area (Å²) in [4.78, 5) is 13.6. The molecule has 4 nitrogen and oxygen atoms in total. The van der Waals surface area contributed by atoms with Gasteiger partial charge in [0.25, 0.3) is 0 Å². The first-order valence-electron chi connectivity index (χ1n) is 7.30. The molecular formula is C16H23NO3. The highest BCUT2D eigenvalue weighted by atomic mass is 16.4. The molecule has 0 amide bonds. The SMILES string of the molecule is CN(C1CCCCC1)C(Cc1ccc(O)cc1)C(=O)O. The van der Waals surface area contributed by atoms with Gasteiger partial charge in [0.2, 0.25) is 0 Å². The Balaban J connectivity index is 2.05. The van der Waals surface area contributed by atoms with Crippen LogP contribution in [-0.4, -0.2) is 40.2 Å². The van der Waals surface area contributed by atoms with Crippen LogP contribution in [-0.2, 0) is 11.2 Å². The van der Waals surface area contributed by atoms with Crippen molar-refractivity contribution in [2.45, 2.75) is 50.6 Å². The zero-order valence-electron chi connectivity index (χ0n) is 12.0. The maximum absolute atomic E-state index is 11.6. The molecule has 0 bridgehead atoms. The summed E-state index contributed by atoms with van der Waals surface area (Å²) >= 11 is 0. The minimum Gasteiger partial charge on any atom is -0.508 e. The van der Waals surface area contributed by atoms with Gasteiger partial charge in [-0.1, -0.05) is 31.4 Å². The van der Waals surface area contributed by atoms with Crippen LogP contribution in [0.2, 0.25) is 0 Å². The van der Waals surface area contributed by atoms with Gasteiger partial charge in [0.1, 0.15) is 11.8 Å². The summed E-state index contributed by atoms with van der Waals surface area (Å²) in [6.45, 7) is 0. The van der Waals surface area contributed by atoms with Crippen LogP contribution in [0.1, 0.15) is 37.7 Å². The van der Waals surface area contributed by atoms with Crippen molar-refractivity contribution in [3.8, 4) is 5.75 Å². The second-order valence-electron chi connectivity index (χ2n) is 5.68. The lowest BCUT2D eigenvalue weighted by Crippen LogP contribution is -2.46. The molecule has 2 rings (SSSR count). The first-order valence-corrected chi connectivity index (χ1v) is 7.30. The number of phenols is 1. The van der Waals surface area contributed by atoms with E-state index < -0.39 is 12.0 Å². The number of hydrogen-bond acceptors (Lipinski definition) is 3. The third-order valence-corrected chi connectivity index (χ3v) is 4.29. The summed E-state index contributed by atoms with van der Waals surface area (Å²) in [5.74, 6) is -0.563. The lowest BCUT2D eigenvalue weighted by Gasteiger charge is -2.35. The smallest absolute Gasteiger partial charge is 0.321 e. The van der Waals surface area contributed by atoms with E-state index in [0.717, 1.165) is 18.4 Å². The van der Waals surface area contributed by atoms with Crippen LogP contribution in [0.4, 0.5) is 0 Å². The molecule has 0 radical (unpaired) electrons. The van der Waals surface area contributed by atoms with E-state index in [1.165, 1.54) is 19.3 Å². The molecule has 4 heteroatoms. The van der Waals surface area contributed by atoms with Crippen molar-refractivity contribution in [3.05, 3.63) is 29.8 Å². The van der Waals surface area contributed by atoms with Gasteiger partial charge in [-0.25, -0.2) is 0 Å². The molecule has 110 valence electrons. The molecule has 1 unspecified atom stereocenters. The van der Waals surface area contributed by atoms with Crippen LogP contribution >= 0.6 is 0 Å². The fraction of sp³-hybridized carbons (Fsp3) is 0.562. The van der Waals surface area contributed by atoms with Crippen LogP contribution in [0.25, 0.3) is 0 Å². The molecule has 1 atom stereocenters. The number of aliphatic carboxylic acids is 1. The van der Waals surface area contributed by atoms with E-state index in [4.69, 9.17) is 0 Å². The first-order chi connectivity index (χ1) is 9.58. The molecule has 0 aliphatic heterocycles. The molecule has 1 aromatic rings. The van der Waals surface area contributed by atoms with E-state index in [-0.39, 0.29) is 5.75 Å². The molecule has 1 aliphatic rings. The van der Waals surface area contributed by atoms with Crippen molar-refractivity contribution in [1.82, 2.24) is 4.90 Å². The maximum atomic E-state index is 11.6. The highest BCUT2D eigenvalue weighted by Gasteiger charge is 2.29. The number of carboxylic acid groups (broad SMARTS) is 1. The second kappa shape index (κ2) is 6.75. The van der Waals surface area contributed by atoms with Gasteiger partial charge in [-0.15, -0.1) is 0 Å². The zero-order chi connectivity index (χ0) is 14.5. The van der Waals surface area contributed by atoms with Gasteiger partial charge in [0.15, 0.2) is 0 Å². The minimum atomic E-state index is -0.772. The Morgan fingerprint density at radius 2 is 1.85 bits per heavy atom. The van der Waals surface area contributed by atoms with Crippen molar-refractivity contribution >= 4 is 5.97 Å². The quantitative estimate of drug-likeness (QED) is 0.868. The molecular weight excluding hydrogens is 254 g/mol. The van der Waals surface area contributed by atoms with Crippen LogP contribution in [0, 0.1) is 0 Å². The average Bonchev–Trinajstić information content (AvgIpc) is 2.46. The predicted octanol–water partition coefficient (Wildman–Crippen LogP) is 2.65. The molecule has 1 aliphatic carbocycles. The first kappa shape index (κ1) is 14.9. The average molecular weight is 277 g/mol. The molecule has 2 N–H and O–H groups in total. The van der Waals surface area contributed by atoms with Gasteiger partial charge in [-0.05, 0) is 44.0 Å². The minimum absolute atomic E-state index is 0.210. The highest BCUT2D eigenvalue weighted by Crippen LogP contribution is 2.24. The number of aromatic hydroxyl groups is 1. The summed E-state index contributed by atoms with van der Waals surface area (Å²) in [7, 11) is 1.93. The molecule has 0 saturated heterocycles. The van der Waals surface area contributed by atoms with E-state index in [1.54, 1.807) is 24.3 Å². The Bertz CT molecular complexity index is 438. The van der Waals surface area contributed by atoms with Crippen LogP contribution < -0.4 is 0 Å². The van der Waals surface area contributed by atoms with Gasteiger partial charge in [0, 0.05) is 6.04 Å². The lowest BCUT2D eigenvalue weighted by atomic mass is 9.92. The van der Waals surface area contributed by atoms with Gasteiger partial charge in [0.05, 0.1) is 0 Å². The standard InChI is InChI=1S/C16H23NO3/c1-17(13-5-3-2-4-6-13)15(16(19)20)11-12-7-9-14(18)10-8-12/h7-10,13,15,18H,2-6,11H2,1H3,(H,19,20). The largest absolute Gasteiger partial charge is 0.508 e. The number of carboxylic acids is 1. The third kappa shape index (κ3) is 3.73. The third-order valence-electron chi connectivity index (χ3n) is 4.29. The lowest BCUT2D eigenvalue weighted by molar-refractivity contribution is -0.143. The molecule has 20 heavy (non-hydrogen) atoms. The Labute approximate surface area is 120 Å². The molecule has 0 aromatic heterocycles. The molecule has 0 spiro atoms. The van der Waals surface area contributed by atoms with E-state index in [9.17, 15) is 15.0 Å². The Morgan fingerprint density at radius 1 is 1.25 bits per heavy atom. The normalized spacial score (nSPS) is 18.1. The van der Waals surface area contributed by atoms with Crippen molar-refractivity contribution in [3.63, 3.8) is 0 Å². The van der Waals surface area contributed by atoms with Crippen LogP contribution in [0.5, 0.6) is 5.75 Å². The summed E-state index contributed by atoms with van der Waals surface area (Å²) < 4.78 is 0. The van der Waals surface area contributed by atoms with Crippen molar-refractivity contribution in [1.29, 1.82) is 0 Å².